The Kier molecular flexibility index (Phi) is 9.24. The van der Waals surface area contributed by atoms with Gasteiger partial charge >= 0.3 is 0 Å². The number of unbranched alkanes of at least 4 members (excludes halogenated alkanes) is 5. The summed E-state index contributed by atoms with van der Waals surface area (Å²) in [6, 6.07) is 17.8. The Morgan fingerprint density at radius 2 is 1.34 bits per heavy atom. The first-order chi connectivity index (χ1) is 14.3. The second kappa shape index (κ2) is 12.1. The highest BCUT2D eigenvalue weighted by molar-refractivity contribution is 5.64. The Labute approximate surface area is 177 Å². The fourth-order valence-corrected chi connectivity index (χ4v) is 4.01. The molecule has 1 aliphatic heterocycles. The van der Waals surface area contributed by atoms with Crippen LogP contribution in [0.1, 0.15) is 82.4 Å². The molecule has 1 aliphatic rings. The first kappa shape index (κ1) is 22.1. The molecule has 2 nitrogen and oxygen atoms in total. The van der Waals surface area contributed by atoms with Crippen molar-refractivity contribution in [3.63, 3.8) is 0 Å². The summed E-state index contributed by atoms with van der Waals surface area (Å²) in [6.45, 7) is 5.89. The molecule has 3 rings (SSSR count). The SMILES string of the molecule is CCCCCCCC1COC(c2ccc(-c3ccc(CCCC)cc3)cc2)CO1. The molecule has 0 bridgehead atoms. The van der Waals surface area contributed by atoms with E-state index < -0.39 is 0 Å². The third kappa shape index (κ3) is 6.97. The van der Waals surface area contributed by atoms with Crippen LogP contribution in [0.4, 0.5) is 0 Å². The lowest BCUT2D eigenvalue weighted by Crippen LogP contribution is -2.31. The number of rotatable bonds is 11. The number of aryl methyl sites for hydroxylation is 1. The summed E-state index contributed by atoms with van der Waals surface area (Å²) in [5, 5.41) is 0. The van der Waals surface area contributed by atoms with Gasteiger partial charge in [0, 0.05) is 0 Å². The summed E-state index contributed by atoms with van der Waals surface area (Å²) in [6.07, 6.45) is 11.7. The van der Waals surface area contributed by atoms with Crippen molar-refractivity contribution in [2.24, 2.45) is 0 Å². The van der Waals surface area contributed by atoms with Crippen molar-refractivity contribution < 1.29 is 9.47 Å². The van der Waals surface area contributed by atoms with Crippen molar-refractivity contribution in [1.29, 1.82) is 0 Å². The zero-order valence-corrected chi connectivity index (χ0v) is 18.4. The molecule has 0 saturated carbocycles. The summed E-state index contributed by atoms with van der Waals surface area (Å²) in [4.78, 5) is 0. The molecule has 2 aromatic carbocycles. The molecule has 0 N–H and O–H groups in total. The van der Waals surface area contributed by atoms with E-state index >= 15 is 0 Å². The maximum atomic E-state index is 6.13. The molecular formula is C27H38O2. The molecule has 2 atom stereocenters. The molecule has 1 fully saturated rings. The highest BCUT2D eigenvalue weighted by Crippen LogP contribution is 2.27. The predicted molar refractivity (Wildman–Crippen MR) is 122 cm³/mol. The Hall–Kier alpha value is -1.64. The molecule has 2 unspecified atom stereocenters. The van der Waals surface area contributed by atoms with Crippen molar-refractivity contribution in [2.75, 3.05) is 13.2 Å². The van der Waals surface area contributed by atoms with E-state index in [9.17, 15) is 0 Å². The third-order valence-electron chi connectivity index (χ3n) is 5.98. The molecule has 0 aliphatic carbocycles. The van der Waals surface area contributed by atoms with Crippen LogP contribution in [0.3, 0.4) is 0 Å². The topological polar surface area (TPSA) is 18.5 Å². The van der Waals surface area contributed by atoms with Gasteiger partial charge in [-0.3, -0.25) is 0 Å². The fraction of sp³-hybridized carbons (Fsp3) is 0.556. The Morgan fingerprint density at radius 3 is 1.97 bits per heavy atom. The van der Waals surface area contributed by atoms with Crippen molar-refractivity contribution >= 4 is 0 Å². The summed E-state index contributed by atoms with van der Waals surface area (Å²) in [7, 11) is 0. The first-order valence-corrected chi connectivity index (χ1v) is 11.7. The summed E-state index contributed by atoms with van der Waals surface area (Å²) in [5.41, 5.74) is 5.19. The molecule has 0 spiro atoms. The number of hydrogen-bond acceptors (Lipinski definition) is 2. The van der Waals surface area contributed by atoms with E-state index in [1.165, 1.54) is 73.6 Å². The van der Waals surface area contributed by atoms with Gasteiger partial charge in [-0.1, -0.05) is 101 Å². The van der Waals surface area contributed by atoms with E-state index in [0.29, 0.717) is 6.61 Å². The van der Waals surface area contributed by atoms with Crippen LogP contribution in [-0.2, 0) is 15.9 Å². The van der Waals surface area contributed by atoms with Gasteiger partial charge in [0.25, 0.3) is 0 Å². The predicted octanol–water partition coefficient (Wildman–Crippen LogP) is 7.51. The summed E-state index contributed by atoms with van der Waals surface area (Å²) >= 11 is 0. The van der Waals surface area contributed by atoms with E-state index in [2.05, 4.69) is 62.4 Å². The third-order valence-corrected chi connectivity index (χ3v) is 5.98. The maximum absolute atomic E-state index is 6.13. The summed E-state index contributed by atoms with van der Waals surface area (Å²) < 4.78 is 12.2. The number of benzene rings is 2. The lowest BCUT2D eigenvalue weighted by Gasteiger charge is -2.30. The molecule has 0 amide bonds. The van der Waals surface area contributed by atoms with Crippen LogP contribution in [0.15, 0.2) is 48.5 Å². The highest BCUT2D eigenvalue weighted by Gasteiger charge is 2.23. The van der Waals surface area contributed by atoms with Gasteiger partial charge in [0.2, 0.25) is 0 Å². The highest BCUT2D eigenvalue weighted by atomic mass is 16.6. The van der Waals surface area contributed by atoms with Gasteiger partial charge in [-0.05, 0) is 41.5 Å². The fourth-order valence-electron chi connectivity index (χ4n) is 4.01. The van der Waals surface area contributed by atoms with Crippen molar-refractivity contribution in [1.82, 2.24) is 0 Å². The van der Waals surface area contributed by atoms with Crippen LogP contribution < -0.4 is 0 Å². The lowest BCUT2D eigenvalue weighted by molar-refractivity contribution is -0.137. The lowest BCUT2D eigenvalue weighted by atomic mass is 9.99. The van der Waals surface area contributed by atoms with Crippen LogP contribution in [0.2, 0.25) is 0 Å². The number of ether oxygens (including phenoxy) is 2. The molecular weight excluding hydrogens is 356 g/mol. The standard InChI is InChI=1S/C27H38O2/c1-3-5-7-8-9-11-26-20-29-27(21-28-26)25-18-16-24(17-19-25)23-14-12-22(13-15-23)10-6-4-2/h12-19,26-27H,3-11,20-21H2,1-2H3. The Balaban J connectivity index is 1.46. The van der Waals surface area contributed by atoms with E-state index in [-0.39, 0.29) is 12.2 Å². The van der Waals surface area contributed by atoms with E-state index in [1.54, 1.807) is 0 Å². The quantitative estimate of drug-likeness (QED) is 0.367. The van der Waals surface area contributed by atoms with Crippen LogP contribution >= 0.6 is 0 Å². The molecule has 0 radical (unpaired) electrons. The molecule has 2 heteroatoms. The second-order valence-corrected chi connectivity index (χ2v) is 8.40. The zero-order chi connectivity index (χ0) is 20.3. The second-order valence-electron chi connectivity index (χ2n) is 8.40. The molecule has 1 heterocycles. The Bertz CT molecular complexity index is 681. The van der Waals surface area contributed by atoms with Gasteiger partial charge in [0.1, 0.15) is 6.10 Å². The van der Waals surface area contributed by atoms with Crippen molar-refractivity contribution in [3.05, 3.63) is 59.7 Å². The van der Waals surface area contributed by atoms with Crippen LogP contribution in [-0.4, -0.2) is 19.3 Å². The minimum absolute atomic E-state index is 0.0665. The monoisotopic (exact) mass is 394 g/mol. The average molecular weight is 395 g/mol. The molecule has 2 aromatic rings. The molecule has 158 valence electrons. The van der Waals surface area contributed by atoms with E-state index in [1.807, 2.05) is 0 Å². The van der Waals surface area contributed by atoms with Gasteiger partial charge in [-0.2, -0.15) is 0 Å². The molecule has 29 heavy (non-hydrogen) atoms. The van der Waals surface area contributed by atoms with Crippen LogP contribution in [0, 0.1) is 0 Å². The maximum Gasteiger partial charge on any atom is 0.106 e. The van der Waals surface area contributed by atoms with Gasteiger partial charge in [-0.15, -0.1) is 0 Å². The van der Waals surface area contributed by atoms with Crippen molar-refractivity contribution in [3.8, 4) is 11.1 Å². The van der Waals surface area contributed by atoms with E-state index in [4.69, 9.17) is 9.47 Å². The van der Waals surface area contributed by atoms with Gasteiger partial charge in [-0.25, -0.2) is 0 Å². The minimum Gasteiger partial charge on any atom is -0.373 e. The molecule has 0 aromatic heterocycles. The average Bonchev–Trinajstić information content (AvgIpc) is 2.78. The smallest absolute Gasteiger partial charge is 0.106 e. The molecule has 1 saturated heterocycles. The largest absolute Gasteiger partial charge is 0.373 e. The number of hydrogen-bond donors (Lipinski definition) is 0. The van der Waals surface area contributed by atoms with Crippen molar-refractivity contribution in [2.45, 2.75) is 83.8 Å². The first-order valence-electron chi connectivity index (χ1n) is 11.7. The van der Waals surface area contributed by atoms with Crippen LogP contribution in [0.5, 0.6) is 0 Å². The normalized spacial score (nSPS) is 19.4. The zero-order valence-electron chi connectivity index (χ0n) is 18.4. The summed E-state index contributed by atoms with van der Waals surface area (Å²) in [5.74, 6) is 0. The minimum atomic E-state index is 0.0665. The Morgan fingerprint density at radius 1 is 0.690 bits per heavy atom. The van der Waals surface area contributed by atoms with E-state index in [0.717, 1.165) is 13.0 Å². The van der Waals surface area contributed by atoms with Gasteiger partial charge in [0.05, 0.1) is 19.3 Å². The van der Waals surface area contributed by atoms with Gasteiger partial charge in [0.15, 0.2) is 0 Å². The van der Waals surface area contributed by atoms with Gasteiger partial charge < -0.3 is 9.47 Å². The van der Waals surface area contributed by atoms with Crippen LogP contribution in [0.25, 0.3) is 11.1 Å².